The van der Waals surface area contributed by atoms with Crippen LogP contribution in [0.25, 0.3) is 0 Å². The van der Waals surface area contributed by atoms with Crippen LogP contribution in [0.1, 0.15) is 20.8 Å². The molecule has 21 heavy (non-hydrogen) atoms. The molecular formula is C13H12FNO4S2. The summed E-state index contributed by atoms with van der Waals surface area (Å²) in [6.45, 7) is 3.11. The summed E-state index contributed by atoms with van der Waals surface area (Å²) in [5, 5.41) is 10.6. The van der Waals surface area contributed by atoms with Crippen molar-refractivity contribution < 1.29 is 22.7 Å². The molecule has 0 unspecified atom stereocenters. The van der Waals surface area contributed by atoms with Crippen molar-refractivity contribution in [3.8, 4) is 0 Å². The lowest BCUT2D eigenvalue weighted by Crippen LogP contribution is -2.15. The number of aromatic carboxylic acids is 1. The van der Waals surface area contributed by atoms with Gasteiger partial charge in [-0.3, -0.25) is 4.72 Å². The highest BCUT2D eigenvalue weighted by molar-refractivity contribution is 7.92. The maximum absolute atomic E-state index is 13.5. The number of carbonyl (C=O) groups is 1. The molecule has 0 bridgehead atoms. The number of sulfonamides is 1. The van der Waals surface area contributed by atoms with Gasteiger partial charge in [0.05, 0.1) is 10.6 Å². The molecule has 0 fully saturated rings. The second-order valence-corrected chi connectivity index (χ2v) is 7.01. The van der Waals surface area contributed by atoms with Crippen molar-refractivity contribution in [2.24, 2.45) is 0 Å². The second kappa shape index (κ2) is 5.45. The van der Waals surface area contributed by atoms with Gasteiger partial charge in [-0.05, 0) is 42.5 Å². The van der Waals surface area contributed by atoms with Crippen molar-refractivity contribution in [3.63, 3.8) is 0 Å². The molecule has 2 aromatic rings. The van der Waals surface area contributed by atoms with Crippen molar-refractivity contribution in [2.75, 3.05) is 4.72 Å². The predicted molar refractivity (Wildman–Crippen MR) is 78.0 cm³/mol. The molecule has 0 aliphatic heterocycles. The van der Waals surface area contributed by atoms with Crippen molar-refractivity contribution >= 4 is 33.0 Å². The van der Waals surface area contributed by atoms with Crippen molar-refractivity contribution in [2.45, 2.75) is 18.7 Å². The zero-order valence-electron chi connectivity index (χ0n) is 11.2. The van der Waals surface area contributed by atoms with Gasteiger partial charge in [0.1, 0.15) is 10.7 Å². The van der Waals surface area contributed by atoms with E-state index in [2.05, 4.69) is 4.72 Å². The van der Waals surface area contributed by atoms with E-state index >= 15 is 0 Å². The van der Waals surface area contributed by atoms with Crippen LogP contribution in [0, 0.1) is 19.7 Å². The van der Waals surface area contributed by atoms with E-state index in [9.17, 15) is 17.6 Å². The Labute approximate surface area is 125 Å². The Morgan fingerprint density at radius 2 is 1.95 bits per heavy atom. The first-order chi connectivity index (χ1) is 9.72. The molecule has 8 heteroatoms. The highest BCUT2D eigenvalue weighted by atomic mass is 32.2. The number of nitrogens with one attached hydrogen (secondary N) is 1. The van der Waals surface area contributed by atoms with E-state index in [1.807, 2.05) is 0 Å². The Kier molecular flexibility index (Phi) is 4.02. The van der Waals surface area contributed by atoms with Crippen LogP contribution in [0.5, 0.6) is 0 Å². The number of thiophene rings is 1. The van der Waals surface area contributed by atoms with E-state index in [1.54, 1.807) is 6.92 Å². The normalized spacial score (nSPS) is 11.4. The average molecular weight is 329 g/mol. The lowest BCUT2D eigenvalue weighted by atomic mass is 10.2. The van der Waals surface area contributed by atoms with E-state index in [0.29, 0.717) is 11.1 Å². The zero-order valence-corrected chi connectivity index (χ0v) is 12.8. The molecule has 0 atom stereocenters. The molecule has 0 saturated carbocycles. The van der Waals surface area contributed by atoms with Crippen molar-refractivity contribution in [1.82, 2.24) is 0 Å². The summed E-state index contributed by atoms with van der Waals surface area (Å²) >= 11 is 0.925. The molecule has 0 radical (unpaired) electrons. The van der Waals surface area contributed by atoms with Crippen LogP contribution in [0.3, 0.4) is 0 Å². The third-order valence-corrected chi connectivity index (χ3v) is 5.29. The maximum Gasteiger partial charge on any atom is 0.348 e. The van der Waals surface area contributed by atoms with Gasteiger partial charge in [0.15, 0.2) is 0 Å². The first kappa shape index (κ1) is 15.5. The van der Waals surface area contributed by atoms with Gasteiger partial charge in [0.2, 0.25) is 0 Å². The Hall–Kier alpha value is -1.93. The largest absolute Gasteiger partial charge is 0.477 e. The smallest absolute Gasteiger partial charge is 0.348 e. The van der Waals surface area contributed by atoms with Gasteiger partial charge in [-0.15, -0.1) is 11.3 Å². The lowest BCUT2D eigenvalue weighted by Gasteiger charge is -2.09. The van der Waals surface area contributed by atoms with Crippen molar-refractivity contribution in [3.05, 3.63) is 45.4 Å². The Bertz CT molecular complexity index is 812. The fraction of sp³-hybridized carbons (Fsp3) is 0.154. The van der Waals surface area contributed by atoms with Gasteiger partial charge in [-0.1, -0.05) is 6.07 Å². The molecular weight excluding hydrogens is 317 g/mol. The van der Waals surface area contributed by atoms with Crippen LogP contribution in [-0.4, -0.2) is 19.5 Å². The third-order valence-electron chi connectivity index (χ3n) is 2.86. The van der Waals surface area contributed by atoms with E-state index in [4.69, 9.17) is 5.11 Å². The molecule has 2 N–H and O–H groups in total. The second-order valence-electron chi connectivity index (χ2n) is 4.44. The van der Waals surface area contributed by atoms with Crippen LogP contribution < -0.4 is 4.72 Å². The topological polar surface area (TPSA) is 83.5 Å². The molecule has 0 aliphatic rings. The summed E-state index contributed by atoms with van der Waals surface area (Å²) in [5.74, 6) is -1.86. The molecule has 0 amide bonds. The number of benzene rings is 1. The molecule has 0 saturated heterocycles. The first-order valence-electron chi connectivity index (χ1n) is 5.82. The van der Waals surface area contributed by atoms with Crippen LogP contribution in [0.4, 0.5) is 10.1 Å². The number of carboxylic acid groups (broad SMARTS) is 1. The molecule has 1 aromatic carbocycles. The molecule has 112 valence electrons. The van der Waals surface area contributed by atoms with Crippen molar-refractivity contribution in [1.29, 1.82) is 0 Å². The van der Waals surface area contributed by atoms with E-state index in [1.165, 1.54) is 24.4 Å². The summed E-state index contributed by atoms with van der Waals surface area (Å²) in [6.07, 6.45) is 0. The van der Waals surface area contributed by atoms with Gasteiger partial charge in [-0.2, -0.15) is 0 Å². The number of carboxylic acids is 1. The summed E-state index contributed by atoms with van der Waals surface area (Å²) in [6, 6.07) is 3.52. The molecule has 0 spiro atoms. The Morgan fingerprint density at radius 3 is 2.52 bits per heavy atom. The zero-order chi connectivity index (χ0) is 15.8. The monoisotopic (exact) mass is 329 g/mol. The standard InChI is InChI=1S/C13H12FNO4S2/c1-7-3-4-9(5-10(7)14)21(18,19)15-11-8(2)6-20-12(11)13(16)17/h3-6,15H,1-2H3,(H,16,17). The van der Waals surface area contributed by atoms with Gasteiger partial charge in [0.25, 0.3) is 10.0 Å². The van der Waals surface area contributed by atoms with E-state index < -0.39 is 21.8 Å². The lowest BCUT2D eigenvalue weighted by molar-refractivity contribution is 0.0703. The molecule has 5 nitrogen and oxygen atoms in total. The van der Waals surface area contributed by atoms with Crippen LogP contribution in [0.2, 0.25) is 0 Å². The van der Waals surface area contributed by atoms with Gasteiger partial charge in [0, 0.05) is 0 Å². The van der Waals surface area contributed by atoms with E-state index in [0.717, 1.165) is 17.4 Å². The predicted octanol–water partition coefficient (Wildman–Crippen LogP) is 3.00. The molecule has 0 aliphatic carbocycles. The Morgan fingerprint density at radius 1 is 1.29 bits per heavy atom. The van der Waals surface area contributed by atoms with Crippen LogP contribution in [-0.2, 0) is 10.0 Å². The molecule has 1 aromatic heterocycles. The summed E-state index contributed by atoms with van der Waals surface area (Å²) < 4.78 is 40.2. The minimum absolute atomic E-state index is 0.00785. The fourth-order valence-corrected chi connectivity index (χ4v) is 3.73. The fourth-order valence-electron chi connectivity index (χ4n) is 1.66. The number of anilines is 1. The van der Waals surface area contributed by atoms with Gasteiger partial charge >= 0.3 is 5.97 Å². The number of halogens is 1. The molecule has 1 heterocycles. The van der Waals surface area contributed by atoms with Crippen LogP contribution in [0.15, 0.2) is 28.5 Å². The minimum Gasteiger partial charge on any atom is -0.477 e. The number of rotatable bonds is 4. The van der Waals surface area contributed by atoms with Gasteiger partial charge in [-0.25, -0.2) is 17.6 Å². The number of hydrogen-bond acceptors (Lipinski definition) is 4. The maximum atomic E-state index is 13.5. The quantitative estimate of drug-likeness (QED) is 0.903. The van der Waals surface area contributed by atoms with Gasteiger partial charge < -0.3 is 5.11 Å². The Balaban J connectivity index is 2.44. The summed E-state index contributed by atoms with van der Waals surface area (Å²) in [4.78, 5) is 10.7. The van der Waals surface area contributed by atoms with E-state index in [-0.39, 0.29) is 15.5 Å². The average Bonchev–Trinajstić information content (AvgIpc) is 2.74. The summed E-state index contributed by atoms with van der Waals surface area (Å²) in [7, 11) is -4.05. The third kappa shape index (κ3) is 3.06. The number of aryl methyl sites for hydroxylation is 2. The summed E-state index contributed by atoms with van der Waals surface area (Å²) in [5.41, 5.74) is 0.828. The number of hydrogen-bond donors (Lipinski definition) is 2. The minimum atomic E-state index is -4.05. The highest BCUT2D eigenvalue weighted by Crippen LogP contribution is 2.30. The molecule has 2 rings (SSSR count). The SMILES string of the molecule is Cc1ccc(S(=O)(=O)Nc2c(C)csc2C(=O)O)cc1F. The first-order valence-corrected chi connectivity index (χ1v) is 8.19. The van der Waals surface area contributed by atoms with Crippen LogP contribution >= 0.6 is 11.3 Å². The highest BCUT2D eigenvalue weighted by Gasteiger charge is 2.22.